The molecule has 0 radical (unpaired) electrons. The maximum atomic E-state index is 11.1. The van der Waals surface area contributed by atoms with Crippen LogP contribution in [0.1, 0.15) is 19.8 Å². The Hall–Kier alpha value is -1.92. The van der Waals surface area contributed by atoms with Crippen LogP contribution < -0.4 is 0 Å². The zero-order valence-electron chi connectivity index (χ0n) is 7.97. The van der Waals surface area contributed by atoms with Gasteiger partial charge in [-0.25, -0.2) is 4.79 Å². The van der Waals surface area contributed by atoms with Gasteiger partial charge in [-0.2, -0.15) is 0 Å². The van der Waals surface area contributed by atoms with Crippen molar-refractivity contribution < 1.29 is 28.8 Å². The molecule has 0 aromatic heterocycles. The van der Waals surface area contributed by atoms with E-state index in [4.69, 9.17) is 0 Å². The number of hydrogen-bond acceptors (Lipinski definition) is 6. The van der Waals surface area contributed by atoms with E-state index < -0.39 is 23.9 Å². The summed E-state index contributed by atoms with van der Waals surface area (Å²) in [5.41, 5.74) is 0. The zero-order valence-corrected chi connectivity index (χ0v) is 7.97. The van der Waals surface area contributed by atoms with Gasteiger partial charge in [-0.3, -0.25) is 14.4 Å². The Bertz CT molecular complexity index is 296. The quantitative estimate of drug-likeness (QED) is 0.448. The average molecular weight is 215 g/mol. The molecule has 7 heteroatoms. The molecule has 0 aromatic carbocycles. The van der Waals surface area contributed by atoms with Crippen LogP contribution >= 0.6 is 0 Å². The van der Waals surface area contributed by atoms with Gasteiger partial charge in [-0.1, -0.05) is 0 Å². The molecule has 0 aliphatic carbocycles. The fraction of sp³-hybridized carbons (Fsp3) is 0.500. The molecule has 1 aliphatic heterocycles. The Kier molecular flexibility index (Phi) is 3.37. The van der Waals surface area contributed by atoms with E-state index in [0.717, 1.165) is 0 Å². The lowest BCUT2D eigenvalue weighted by atomic mass is 10.4. The van der Waals surface area contributed by atoms with E-state index in [-0.39, 0.29) is 19.3 Å². The van der Waals surface area contributed by atoms with Gasteiger partial charge in [0.25, 0.3) is 18.3 Å². The molecular formula is C8H9NO6. The Balaban J connectivity index is 2.53. The fourth-order valence-electron chi connectivity index (χ4n) is 0.961. The predicted octanol–water partition coefficient (Wildman–Crippen LogP) is -0.845. The van der Waals surface area contributed by atoms with Crippen LogP contribution in [-0.4, -0.2) is 35.4 Å². The number of hydrogen-bond donors (Lipinski definition) is 0. The second-order valence-electron chi connectivity index (χ2n) is 2.87. The van der Waals surface area contributed by atoms with Gasteiger partial charge in [-0.05, 0) is 6.92 Å². The van der Waals surface area contributed by atoms with Crippen LogP contribution in [0.3, 0.4) is 0 Å². The van der Waals surface area contributed by atoms with E-state index >= 15 is 0 Å². The van der Waals surface area contributed by atoms with Gasteiger partial charge in [0.2, 0.25) is 0 Å². The van der Waals surface area contributed by atoms with Crippen molar-refractivity contribution in [2.24, 2.45) is 0 Å². The Labute approximate surface area is 84.9 Å². The molecule has 0 unspecified atom stereocenters. The van der Waals surface area contributed by atoms with E-state index in [1.165, 1.54) is 6.92 Å². The number of rotatable bonds is 4. The molecule has 1 atom stereocenters. The smallest absolute Gasteiger partial charge is 0.373 e. The predicted molar refractivity (Wildman–Crippen MR) is 43.8 cm³/mol. The summed E-state index contributed by atoms with van der Waals surface area (Å²) >= 11 is 0. The van der Waals surface area contributed by atoms with Crippen LogP contribution in [0.4, 0.5) is 0 Å². The van der Waals surface area contributed by atoms with Gasteiger partial charge in [0.05, 0.1) is 0 Å². The fourth-order valence-corrected chi connectivity index (χ4v) is 0.961. The summed E-state index contributed by atoms with van der Waals surface area (Å²) in [4.78, 5) is 47.5. The third-order valence-corrected chi connectivity index (χ3v) is 1.78. The van der Waals surface area contributed by atoms with Gasteiger partial charge in [0.1, 0.15) is 0 Å². The van der Waals surface area contributed by atoms with Crippen molar-refractivity contribution in [1.82, 2.24) is 5.06 Å². The van der Waals surface area contributed by atoms with Crippen molar-refractivity contribution in [2.75, 3.05) is 0 Å². The molecule has 1 fully saturated rings. The third-order valence-electron chi connectivity index (χ3n) is 1.78. The third kappa shape index (κ3) is 2.52. The van der Waals surface area contributed by atoms with Gasteiger partial charge >= 0.3 is 5.97 Å². The Morgan fingerprint density at radius 2 is 1.93 bits per heavy atom. The Morgan fingerprint density at radius 3 is 2.40 bits per heavy atom. The second-order valence-corrected chi connectivity index (χ2v) is 2.87. The Morgan fingerprint density at radius 1 is 1.40 bits per heavy atom. The molecule has 1 heterocycles. The first-order valence-corrected chi connectivity index (χ1v) is 4.23. The van der Waals surface area contributed by atoms with Crippen molar-refractivity contribution in [2.45, 2.75) is 25.9 Å². The molecule has 0 aromatic rings. The van der Waals surface area contributed by atoms with Crippen molar-refractivity contribution in [3.8, 4) is 0 Å². The normalized spacial score (nSPS) is 17.5. The van der Waals surface area contributed by atoms with Crippen LogP contribution in [0.15, 0.2) is 0 Å². The molecule has 7 nitrogen and oxygen atoms in total. The minimum atomic E-state index is -1.15. The van der Waals surface area contributed by atoms with Crippen molar-refractivity contribution in [3.05, 3.63) is 0 Å². The summed E-state index contributed by atoms with van der Waals surface area (Å²) in [7, 11) is 0. The number of ether oxygens (including phenoxy) is 1. The first-order chi connectivity index (χ1) is 7.06. The van der Waals surface area contributed by atoms with E-state index in [9.17, 15) is 19.2 Å². The van der Waals surface area contributed by atoms with Crippen molar-refractivity contribution in [1.29, 1.82) is 0 Å². The van der Waals surface area contributed by atoms with Gasteiger partial charge < -0.3 is 9.57 Å². The summed E-state index contributed by atoms with van der Waals surface area (Å²) in [5.74, 6) is -2.12. The van der Waals surface area contributed by atoms with Crippen molar-refractivity contribution >= 4 is 24.3 Å². The van der Waals surface area contributed by atoms with E-state index in [1.807, 2.05) is 0 Å². The summed E-state index contributed by atoms with van der Waals surface area (Å²) < 4.78 is 4.28. The highest BCUT2D eigenvalue weighted by molar-refractivity contribution is 6.01. The maximum absolute atomic E-state index is 11.1. The zero-order chi connectivity index (χ0) is 11.4. The van der Waals surface area contributed by atoms with Crippen molar-refractivity contribution in [3.63, 3.8) is 0 Å². The minimum Gasteiger partial charge on any atom is -0.453 e. The standard InChI is InChI=1S/C8H9NO6/c1-5(14-4-10)8(13)15-9-6(11)2-3-7(9)12/h4-5H,2-3H2,1H3/t5-/m0/s1. The van der Waals surface area contributed by atoms with Crippen LogP contribution in [0.2, 0.25) is 0 Å². The number of nitrogens with zero attached hydrogens (tertiary/aromatic N) is 1. The number of amides is 2. The van der Waals surface area contributed by atoms with E-state index in [2.05, 4.69) is 9.57 Å². The minimum absolute atomic E-state index is 0.0228. The highest BCUT2D eigenvalue weighted by Gasteiger charge is 2.34. The average Bonchev–Trinajstić information content (AvgIpc) is 2.49. The summed E-state index contributed by atoms with van der Waals surface area (Å²) in [6.07, 6.45) is -1.10. The lowest BCUT2D eigenvalue weighted by molar-refractivity contribution is -0.204. The molecule has 1 saturated heterocycles. The van der Waals surface area contributed by atoms with Crippen LogP contribution in [0, 0.1) is 0 Å². The molecule has 15 heavy (non-hydrogen) atoms. The highest BCUT2D eigenvalue weighted by Crippen LogP contribution is 2.12. The molecule has 1 rings (SSSR count). The first-order valence-electron chi connectivity index (χ1n) is 4.23. The largest absolute Gasteiger partial charge is 0.453 e. The van der Waals surface area contributed by atoms with Crippen LogP contribution in [0.25, 0.3) is 0 Å². The van der Waals surface area contributed by atoms with E-state index in [0.29, 0.717) is 5.06 Å². The molecule has 0 bridgehead atoms. The number of carbonyl (C=O) groups excluding carboxylic acids is 4. The lowest BCUT2D eigenvalue weighted by Gasteiger charge is -2.14. The molecule has 0 saturated carbocycles. The van der Waals surface area contributed by atoms with Crippen LogP contribution in [0.5, 0.6) is 0 Å². The molecule has 0 spiro atoms. The summed E-state index contributed by atoms with van der Waals surface area (Å²) in [5, 5.41) is 0.396. The van der Waals surface area contributed by atoms with Gasteiger partial charge in [0, 0.05) is 12.8 Å². The number of hydroxylamine groups is 2. The van der Waals surface area contributed by atoms with E-state index in [1.54, 1.807) is 0 Å². The summed E-state index contributed by atoms with van der Waals surface area (Å²) in [6.45, 7) is 1.35. The van der Waals surface area contributed by atoms with Gasteiger partial charge in [0.15, 0.2) is 6.10 Å². The second kappa shape index (κ2) is 4.54. The first kappa shape index (κ1) is 11.2. The molecule has 2 amide bonds. The topological polar surface area (TPSA) is 90.0 Å². The van der Waals surface area contributed by atoms with Gasteiger partial charge in [-0.15, -0.1) is 5.06 Å². The van der Waals surface area contributed by atoms with Crippen LogP contribution in [-0.2, 0) is 28.8 Å². The molecular weight excluding hydrogens is 206 g/mol. The summed E-state index contributed by atoms with van der Waals surface area (Å²) in [6, 6.07) is 0. The molecule has 1 aliphatic rings. The monoisotopic (exact) mass is 215 g/mol. The maximum Gasteiger partial charge on any atom is 0.373 e. The highest BCUT2D eigenvalue weighted by atomic mass is 16.7. The SMILES string of the molecule is C[C@H](OC=O)C(=O)ON1C(=O)CCC1=O. The molecule has 82 valence electrons. The number of carbonyl (C=O) groups is 4. The lowest BCUT2D eigenvalue weighted by Crippen LogP contribution is -2.36. The number of imide groups is 1. The molecule has 0 N–H and O–H groups in total.